The van der Waals surface area contributed by atoms with E-state index in [1.807, 2.05) is 13.8 Å². The third-order valence-electron chi connectivity index (χ3n) is 2.84. The summed E-state index contributed by atoms with van der Waals surface area (Å²) in [7, 11) is 1.26. The number of rotatable bonds is 6. The van der Waals surface area contributed by atoms with Crippen LogP contribution in [-0.2, 0) is 9.53 Å². The number of hydrogen-bond donors (Lipinski definition) is 1. The Morgan fingerprint density at radius 2 is 2.18 bits per heavy atom. The predicted octanol–water partition coefficient (Wildman–Crippen LogP) is 2.96. The fourth-order valence-electron chi connectivity index (χ4n) is 1.81. The van der Waals surface area contributed by atoms with Gasteiger partial charge in [-0.05, 0) is 18.4 Å². The lowest BCUT2D eigenvalue weighted by atomic mass is 10.0. The summed E-state index contributed by atoms with van der Waals surface area (Å²) in [5.41, 5.74) is -0.454. The number of hydrogen-bond acceptors (Lipinski definition) is 6. The van der Waals surface area contributed by atoms with Gasteiger partial charge in [-0.15, -0.1) is 0 Å². The summed E-state index contributed by atoms with van der Waals surface area (Å²) < 4.78 is 4.67. The predicted molar refractivity (Wildman–Crippen MR) is 82.6 cm³/mol. The van der Waals surface area contributed by atoms with E-state index in [9.17, 15) is 20.0 Å². The van der Waals surface area contributed by atoms with E-state index in [4.69, 9.17) is 11.6 Å². The molecular weight excluding hydrogens is 312 g/mol. The Morgan fingerprint density at radius 1 is 1.55 bits per heavy atom. The number of aromatic hydroxyl groups is 1. The topological polar surface area (TPSA) is 102 Å². The van der Waals surface area contributed by atoms with E-state index in [1.165, 1.54) is 19.4 Å². The lowest BCUT2D eigenvalue weighted by molar-refractivity contribution is -0.385. The quantitative estimate of drug-likeness (QED) is 0.374. The average Bonchev–Trinajstić information content (AvgIpc) is 2.44. The third kappa shape index (κ3) is 4.70. The minimum Gasteiger partial charge on any atom is -0.502 e. The smallest absolute Gasteiger partial charge is 0.330 e. The molecule has 1 aromatic rings. The van der Waals surface area contributed by atoms with Crippen LogP contribution in [0.4, 0.5) is 5.69 Å². The summed E-state index contributed by atoms with van der Waals surface area (Å²) in [6.07, 6.45) is 1.64. The van der Waals surface area contributed by atoms with Crippen molar-refractivity contribution < 1.29 is 19.6 Å². The van der Waals surface area contributed by atoms with Gasteiger partial charge in [0, 0.05) is 22.9 Å². The monoisotopic (exact) mass is 328 g/mol. The number of ether oxygens (including phenoxy) is 1. The van der Waals surface area contributed by atoms with Crippen molar-refractivity contribution in [1.82, 2.24) is 0 Å². The second-order valence-corrected chi connectivity index (χ2v) is 5.50. The zero-order chi connectivity index (χ0) is 16.9. The number of carbonyl (C=O) groups is 1. The van der Waals surface area contributed by atoms with Crippen molar-refractivity contribution in [3.63, 3.8) is 0 Å². The van der Waals surface area contributed by atoms with Gasteiger partial charge in [0.05, 0.1) is 12.0 Å². The van der Waals surface area contributed by atoms with Crippen LogP contribution in [0.2, 0.25) is 5.02 Å². The Bertz CT molecular complexity index is 601. The van der Waals surface area contributed by atoms with Crippen LogP contribution in [-0.4, -0.2) is 35.4 Å². The van der Waals surface area contributed by atoms with Crippen molar-refractivity contribution in [2.45, 2.75) is 26.3 Å². The standard InChI is InChI=1S/C14H17ClN2O5/c1-8(2)4-11(14(19)22-3)16-7-9-5-10(15)6-12(13(9)18)17(20)21/h5-8,11,18H,4H2,1-3H3/t11-/m1/s1. The largest absolute Gasteiger partial charge is 0.502 e. The maximum atomic E-state index is 11.7. The number of nitrogens with zero attached hydrogens (tertiary/aromatic N) is 2. The number of nitro groups is 1. The van der Waals surface area contributed by atoms with Crippen LogP contribution in [0, 0.1) is 16.0 Å². The number of phenolic OH excluding ortho intramolecular Hbond substituents is 1. The van der Waals surface area contributed by atoms with Crippen LogP contribution < -0.4 is 0 Å². The molecule has 7 nitrogen and oxygen atoms in total. The zero-order valence-electron chi connectivity index (χ0n) is 12.4. The molecule has 0 saturated carbocycles. The first kappa shape index (κ1) is 17.9. The molecule has 0 aliphatic rings. The van der Waals surface area contributed by atoms with E-state index >= 15 is 0 Å². The van der Waals surface area contributed by atoms with Crippen molar-refractivity contribution in [3.8, 4) is 5.75 Å². The van der Waals surface area contributed by atoms with Crippen molar-refractivity contribution >= 4 is 29.5 Å². The molecule has 1 aromatic carbocycles. The lowest BCUT2D eigenvalue weighted by Gasteiger charge is -2.12. The molecule has 0 saturated heterocycles. The van der Waals surface area contributed by atoms with E-state index in [0.29, 0.717) is 6.42 Å². The molecule has 0 unspecified atom stereocenters. The van der Waals surface area contributed by atoms with Crippen LogP contribution >= 0.6 is 11.6 Å². The normalized spacial score (nSPS) is 12.6. The second kappa shape index (κ2) is 7.74. The van der Waals surface area contributed by atoms with Gasteiger partial charge in [-0.25, -0.2) is 4.79 Å². The third-order valence-corrected chi connectivity index (χ3v) is 3.06. The summed E-state index contributed by atoms with van der Waals surface area (Å²) in [4.78, 5) is 25.8. The highest BCUT2D eigenvalue weighted by atomic mass is 35.5. The van der Waals surface area contributed by atoms with Crippen molar-refractivity contribution in [1.29, 1.82) is 0 Å². The second-order valence-electron chi connectivity index (χ2n) is 5.07. The first-order chi connectivity index (χ1) is 10.3. The molecular formula is C14H17ClN2O5. The zero-order valence-corrected chi connectivity index (χ0v) is 13.2. The Balaban J connectivity index is 3.15. The lowest BCUT2D eigenvalue weighted by Crippen LogP contribution is -2.22. The number of aliphatic imine (C=N–C) groups is 1. The summed E-state index contributed by atoms with van der Waals surface area (Å²) in [6.45, 7) is 3.85. The molecule has 0 aromatic heterocycles. The van der Waals surface area contributed by atoms with Gasteiger partial charge >= 0.3 is 11.7 Å². The van der Waals surface area contributed by atoms with Gasteiger partial charge in [0.1, 0.15) is 6.04 Å². The molecule has 0 aliphatic heterocycles. The SMILES string of the molecule is COC(=O)[C@@H](CC(C)C)N=Cc1cc(Cl)cc([N+](=O)[O-])c1O. The number of methoxy groups -OCH3 is 1. The number of nitro benzene ring substituents is 1. The van der Waals surface area contributed by atoms with Gasteiger partial charge in [0.15, 0.2) is 0 Å². The number of esters is 1. The molecule has 0 radical (unpaired) electrons. The fraction of sp³-hybridized carbons (Fsp3) is 0.429. The maximum Gasteiger partial charge on any atom is 0.330 e. The van der Waals surface area contributed by atoms with Crippen LogP contribution in [0.5, 0.6) is 5.75 Å². The minimum absolute atomic E-state index is 0.0665. The van der Waals surface area contributed by atoms with Crippen molar-refractivity contribution in [2.75, 3.05) is 7.11 Å². The van der Waals surface area contributed by atoms with E-state index in [-0.39, 0.29) is 16.5 Å². The molecule has 0 spiro atoms. The Kier molecular flexibility index (Phi) is 6.30. The Labute approximate surface area is 132 Å². The molecule has 0 fully saturated rings. The summed E-state index contributed by atoms with van der Waals surface area (Å²) in [6, 6.07) is 1.62. The Hall–Kier alpha value is -2.15. The van der Waals surface area contributed by atoms with Crippen LogP contribution in [0.3, 0.4) is 0 Å². The molecule has 1 atom stereocenters. The van der Waals surface area contributed by atoms with Crippen LogP contribution in [0.25, 0.3) is 0 Å². The van der Waals surface area contributed by atoms with Crippen LogP contribution in [0.1, 0.15) is 25.8 Å². The molecule has 0 amide bonds. The number of carbonyl (C=O) groups excluding carboxylic acids is 1. The molecule has 0 aliphatic carbocycles. The minimum atomic E-state index is -0.748. The molecule has 1 N–H and O–H groups in total. The molecule has 8 heteroatoms. The fourth-order valence-corrected chi connectivity index (χ4v) is 2.03. The van der Waals surface area contributed by atoms with E-state index in [2.05, 4.69) is 9.73 Å². The van der Waals surface area contributed by atoms with Gasteiger partial charge in [-0.3, -0.25) is 15.1 Å². The number of halogens is 1. The van der Waals surface area contributed by atoms with E-state index in [1.54, 1.807) is 0 Å². The molecule has 22 heavy (non-hydrogen) atoms. The highest BCUT2D eigenvalue weighted by Gasteiger charge is 2.21. The highest BCUT2D eigenvalue weighted by molar-refractivity contribution is 6.31. The van der Waals surface area contributed by atoms with Crippen molar-refractivity contribution in [2.24, 2.45) is 10.9 Å². The molecule has 1 rings (SSSR count). The van der Waals surface area contributed by atoms with Gasteiger partial charge < -0.3 is 9.84 Å². The maximum absolute atomic E-state index is 11.7. The van der Waals surface area contributed by atoms with Gasteiger partial charge in [-0.1, -0.05) is 25.4 Å². The molecule has 0 bridgehead atoms. The van der Waals surface area contributed by atoms with E-state index in [0.717, 1.165) is 6.07 Å². The summed E-state index contributed by atoms with van der Waals surface area (Å²) in [5.74, 6) is -0.865. The number of phenols is 1. The number of benzene rings is 1. The van der Waals surface area contributed by atoms with Crippen LogP contribution in [0.15, 0.2) is 17.1 Å². The molecule has 0 heterocycles. The van der Waals surface area contributed by atoms with Gasteiger partial charge in [0.2, 0.25) is 5.75 Å². The first-order valence-electron chi connectivity index (χ1n) is 6.54. The highest BCUT2D eigenvalue weighted by Crippen LogP contribution is 2.32. The Morgan fingerprint density at radius 3 is 2.68 bits per heavy atom. The van der Waals surface area contributed by atoms with Gasteiger partial charge in [0.25, 0.3) is 0 Å². The van der Waals surface area contributed by atoms with Crippen molar-refractivity contribution in [3.05, 3.63) is 32.8 Å². The van der Waals surface area contributed by atoms with Gasteiger partial charge in [-0.2, -0.15) is 0 Å². The summed E-state index contributed by atoms with van der Waals surface area (Å²) >= 11 is 5.79. The first-order valence-corrected chi connectivity index (χ1v) is 6.92. The molecule has 120 valence electrons. The summed E-state index contributed by atoms with van der Waals surface area (Å²) in [5, 5.41) is 20.8. The average molecular weight is 329 g/mol. The van der Waals surface area contributed by atoms with E-state index < -0.39 is 28.4 Å².